The van der Waals surface area contributed by atoms with E-state index in [1.165, 1.54) is 6.07 Å². The monoisotopic (exact) mass is 455 g/mol. The molecular weight excluding hydrogens is 440 g/mol. The van der Waals surface area contributed by atoms with Crippen molar-refractivity contribution in [2.75, 3.05) is 6.54 Å². The molecule has 0 spiro atoms. The van der Waals surface area contributed by atoms with Crippen molar-refractivity contribution in [3.05, 3.63) is 81.3 Å². The first-order valence-corrected chi connectivity index (χ1v) is 9.95. The van der Waals surface area contributed by atoms with Crippen molar-refractivity contribution in [2.24, 2.45) is 5.73 Å². The van der Waals surface area contributed by atoms with E-state index < -0.39 is 17.5 Å². The molecule has 10 heteroatoms. The normalized spacial score (nSPS) is 12.9. The Hall–Kier alpha value is -3.77. The molecule has 4 rings (SSSR count). The number of amides is 2. The Bertz CT molecular complexity index is 1300. The first kappa shape index (κ1) is 21.5. The van der Waals surface area contributed by atoms with Gasteiger partial charge in [-0.05, 0) is 23.8 Å². The number of halogens is 3. The first-order valence-electron chi connectivity index (χ1n) is 9.57. The summed E-state index contributed by atoms with van der Waals surface area (Å²) in [5.41, 5.74) is 7.39. The minimum atomic E-state index is -1.07. The SMILES string of the molecule is [C-]#[N+]c1ccc(CC(=O)N2CCn3nc(-c4ccc(F)c(F)c4)c(C(N)=O)c3C2)cc1Cl. The third-order valence-corrected chi connectivity index (χ3v) is 5.56. The van der Waals surface area contributed by atoms with Crippen LogP contribution in [0.4, 0.5) is 14.5 Å². The van der Waals surface area contributed by atoms with Crippen LogP contribution in [0.25, 0.3) is 16.1 Å². The second-order valence-corrected chi connectivity index (χ2v) is 7.68. The Morgan fingerprint density at radius 2 is 1.94 bits per heavy atom. The molecule has 0 saturated carbocycles. The molecule has 0 atom stereocenters. The van der Waals surface area contributed by atoms with Crippen LogP contribution in [0.5, 0.6) is 0 Å². The smallest absolute Gasteiger partial charge is 0.252 e. The van der Waals surface area contributed by atoms with Gasteiger partial charge in [0.25, 0.3) is 5.91 Å². The van der Waals surface area contributed by atoms with E-state index in [1.54, 1.807) is 27.8 Å². The molecule has 0 fully saturated rings. The van der Waals surface area contributed by atoms with Crippen molar-refractivity contribution in [3.8, 4) is 11.3 Å². The fourth-order valence-corrected chi connectivity index (χ4v) is 3.92. The van der Waals surface area contributed by atoms with E-state index in [-0.39, 0.29) is 40.7 Å². The molecule has 162 valence electrons. The summed E-state index contributed by atoms with van der Waals surface area (Å²) in [6.07, 6.45) is 0.0636. The maximum absolute atomic E-state index is 13.7. The molecule has 32 heavy (non-hydrogen) atoms. The van der Waals surface area contributed by atoms with E-state index >= 15 is 0 Å². The van der Waals surface area contributed by atoms with Crippen LogP contribution < -0.4 is 5.73 Å². The standard InChI is InChI=1S/C22H16ClF2N5O2/c1-27-17-5-2-12(8-14(17)23)9-19(31)29-6-7-30-18(11-29)20(22(26)32)21(28-30)13-3-4-15(24)16(25)10-13/h2-5,8,10H,6-7,9,11H2,(H2,26,32). The lowest BCUT2D eigenvalue weighted by atomic mass is 10.0. The molecule has 2 amide bonds. The summed E-state index contributed by atoms with van der Waals surface area (Å²) in [7, 11) is 0. The Balaban J connectivity index is 1.61. The predicted molar refractivity (Wildman–Crippen MR) is 113 cm³/mol. The molecule has 0 radical (unpaired) electrons. The molecule has 0 saturated heterocycles. The molecule has 3 aromatic rings. The largest absolute Gasteiger partial charge is 0.365 e. The summed E-state index contributed by atoms with van der Waals surface area (Å²) in [5.74, 6) is -3.06. The van der Waals surface area contributed by atoms with Gasteiger partial charge in [-0.1, -0.05) is 29.8 Å². The van der Waals surface area contributed by atoms with E-state index in [0.29, 0.717) is 30.0 Å². The van der Waals surface area contributed by atoms with E-state index in [4.69, 9.17) is 23.9 Å². The predicted octanol–water partition coefficient (Wildman–Crippen LogP) is 3.72. The van der Waals surface area contributed by atoms with Gasteiger partial charge in [0.05, 0.1) is 37.3 Å². The molecule has 1 aliphatic heterocycles. The number of nitrogens with zero attached hydrogens (tertiary/aromatic N) is 4. The summed E-state index contributed by atoms with van der Waals surface area (Å²) in [5, 5.41) is 4.64. The number of benzene rings is 2. The number of carbonyl (C=O) groups is 2. The fraction of sp³-hybridized carbons (Fsp3) is 0.182. The molecular formula is C22H16ClF2N5O2. The second kappa shape index (κ2) is 8.40. The Morgan fingerprint density at radius 3 is 2.59 bits per heavy atom. The van der Waals surface area contributed by atoms with Crippen molar-refractivity contribution in [2.45, 2.75) is 19.5 Å². The third kappa shape index (κ3) is 3.92. The number of aromatic nitrogens is 2. The molecule has 1 aliphatic rings. The first-order chi connectivity index (χ1) is 15.3. The molecule has 7 nitrogen and oxygen atoms in total. The number of rotatable bonds is 4. The maximum atomic E-state index is 13.7. The highest BCUT2D eigenvalue weighted by Gasteiger charge is 2.30. The molecule has 2 aromatic carbocycles. The van der Waals surface area contributed by atoms with Gasteiger partial charge in [-0.15, -0.1) is 0 Å². The molecule has 0 unspecified atom stereocenters. The summed E-state index contributed by atoms with van der Waals surface area (Å²) < 4.78 is 28.6. The number of carbonyl (C=O) groups excluding carboxylic acids is 2. The topological polar surface area (TPSA) is 85.6 Å². The molecule has 2 heterocycles. The van der Waals surface area contributed by atoms with Crippen LogP contribution in [0.15, 0.2) is 36.4 Å². The van der Waals surface area contributed by atoms with E-state index in [0.717, 1.165) is 12.1 Å². The highest BCUT2D eigenvalue weighted by atomic mass is 35.5. The summed E-state index contributed by atoms with van der Waals surface area (Å²) in [6, 6.07) is 8.03. The van der Waals surface area contributed by atoms with E-state index in [2.05, 4.69) is 9.94 Å². The van der Waals surface area contributed by atoms with Crippen LogP contribution >= 0.6 is 11.6 Å². The average molecular weight is 456 g/mol. The van der Waals surface area contributed by atoms with E-state index in [1.807, 2.05) is 0 Å². The van der Waals surface area contributed by atoms with Crippen LogP contribution in [0.2, 0.25) is 5.02 Å². The number of hydrogen-bond donors (Lipinski definition) is 1. The number of hydrogen-bond acceptors (Lipinski definition) is 3. The number of primary amides is 1. The Labute approximate surface area is 186 Å². The van der Waals surface area contributed by atoms with Gasteiger partial charge in [-0.25, -0.2) is 13.6 Å². The zero-order chi connectivity index (χ0) is 23.0. The fourth-order valence-electron chi connectivity index (χ4n) is 3.67. The van der Waals surface area contributed by atoms with Crippen molar-refractivity contribution in [3.63, 3.8) is 0 Å². The van der Waals surface area contributed by atoms with Crippen LogP contribution in [0, 0.1) is 18.2 Å². The van der Waals surface area contributed by atoms with Crippen molar-refractivity contribution < 1.29 is 18.4 Å². The highest BCUT2D eigenvalue weighted by Crippen LogP contribution is 2.30. The zero-order valence-electron chi connectivity index (χ0n) is 16.6. The van der Waals surface area contributed by atoms with Crippen LogP contribution in [-0.2, 0) is 24.3 Å². The Morgan fingerprint density at radius 1 is 1.16 bits per heavy atom. The lowest BCUT2D eigenvalue weighted by molar-refractivity contribution is -0.132. The van der Waals surface area contributed by atoms with Gasteiger partial charge in [0.1, 0.15) is 5.69 Å². The van der Waals surface area contributed by atoms with Crippen LogP contribution in [0.3, 0.4) is 0 Å². The third-order valence-electron chi connectivity index (χ3n) is 5.26. The molecule has 2 N–H and O–H groups in total. The molecule has 0 aliphatic carbocycles. The van der Waals surface area contributed by atoms with Gasteiger partial charge >= 0.3 is 0 Å². The summed E-state index contributed by atoms with van der Waals surface area (Å²) >= 11 is 6.05. The van der Waals surface area contributed by atoms with Gasteiger partial charge in [-0.2, -0.15) is 5.10 Å². The van der Waals surface area contributed by atoms with Gasteiger partial charge < -0.3 is 10.6 Å². The lowest BCUT2D eigenvalue weighted by Gasteiger charge is -2.28. The molecule has 0 bridgehead atoms. The van der Waals surface area contributed by atoms with Gasteiger partial charge in [0, 0.05) is 17.1 Å². The van der Waals surface area contributed by atoms with E-state index in [9.17, 15) is 18.4 Å². The minimum absolute atomic E-state index is 0.0636. The van der Waals surface area contributed by atoms with Gasteiger partial charge in [0.2, 0.25) is 11.6 Å². The summed E-state index contributed by atoms with van der Waals surface area (Å²) in [6.45, 7) is 7.78. The lowest BCUT2D eigenvalue weighted by Crippen LogP contribution is -2.40. The average Bonchev–Trinajstić information content (AvgIpc) is 3.14. The Kier molecular flexibility index (Phi) is 5.63. The van der Waals surface area contributed by atoms with Gasteiger partial charge in [-0.3, -0.25) is 14.3 Å². The van der Waals surface area contributed by atoms with Crippen molar-refractivity contribution >= 4 is 29.1 Å². The second-order valence-electron chi connectivity index (χ2n) is 7.28. The zero-order valence-corrected chi connectivity index (χ0v) is 17.4. The summed E-state index contributed by atoms with van der Waals surface area (Å²) in [4.78, 5) is 29.9. The van der Waals surface area contributed by atoms with Crippen LogP contribution in [0.1, 0.15) is 21.6 Å². The highest BCUT2D eigenvalue weighted by molar-refractivity contribution is 6.33. The minimum Gasteiger partial charge on any atom is -0.365 e. The maximum Gasteiger partial charge on any atom is 0.252 e. The van der Waals surface area contributed by atoms with Crippen LogP contribution in [-0.4, -0.2) is 33.0 Å². The quantitative estimate of drug-likeness (QED) is 0.608. The van der Waals surface area contributed by atoms with Crippen molar-refractivity contribution in [1.82, 2.24) is 14.7 Å². The number of nitrogens with two attached hydrogens (primary N) is 1. The van der Waals surface area contributed by atoms with Crippen molar-refractivity contribution in [1.29, 1.82) is 0 Å². The molecule has 1 aromatic heterocycles. The van der Waals surface area contributed by atoms with Gasteiger partial charge in [0.15, 0.2) is 11.6 Å². The number of fused-ring (bicyclic) bond motifs is 1.